The lowest BCUT2D eigenvalue weighted by Crippen LogP contribution is -2.25. The van der Waals surface area contributed by atoms with Gasteiger partial charge in [0.05, 0.1) is 10.2 Å². The van der Waals surface area contributed by atoms with Gasteiger partial charge in [-0.25, -0.2) is 0 Å². The second kappa shape index (κ2) is 9.45. The number of aryl methyl sites for hydroxylation is 1. The summed E-state index contributed by atoms with van der Waals surface area (Å²) in [4.78, 5) is 14.9. The van der Waals surface area contributed by atoms with Crippen molar-refractivity contribution in [1.82, 2.24) is 9.47 Å². The molecule has 1 aliphatic rings. The zero-order valence-corrected chi connectivity index (χ0v) is 15.3. The Labute approximate surface area is 148 Å². The predicted molar refractivity (Wildman–Crippen MR) is 102 cm³/mol. The molecule has 1 fully saturated rings. The molecule has 5 heteroatoms. The Kier molecular flexibility index (Phi) is 7.60. The number of para-hydroxylation sites is 1. The minimum Gasteiger partial charge on any atom is -0.303 e. The number of halogens is 1. The highest BCUT2D eigenvalue weighted by molar-refractivity contribution is 7.16. The third-order valence-electron chi connectivity index (χ3n) is 4.63. The van der Waals surface area contributed by atoms with Gasteiger partial charge >= 0.3 is 4.87 Å². The fourth-order valence-corrected chi connectivity index (χ4v) is 4.28. The fourth-order valence-electron chi connectivity index (χ4n) is 3.37. The van der Waals surface area contributed by atoms with Gasteiger partial charge in [0.15, 0.2) is 0 Å². The maximum absolute atomic E-state index is 12.1. The number of benzene rings is 1. The van der Waals surface area contributed by atoms with Crippen LogP contribution in [-0.4, -0.2) is 29.1 Å². The summed E-state index contributed by atoms with van der Waals surface area (Å²) in [6, 6.07) is 8.12. The number of thiazole rings is 1. The Hall–Kier alpha value is -0.840. The Balaban J connectivity index is 0.00000192. The lowest BCUT2D eigenvalue weighted by molar-refractivity contribution is 0.277. The van der Waals surface area contributed by atoms with Crippen molar-refractivity contribution in [3.8, 4) is 0 Å². The number of likely N-dealkylation sites (tertiary alicyclic amines) is 1. The van der Waals surface area contributed by atoms with Crippen LogP contribution >= 0.6 is 23.7 Å². The van der Waals surface area contributed by atoms with Crippen LogP contribution in [0.2, 0.25) is 0 Å². The van der Waals surface area contributed by atoms with Crippen molar-refractivity contribution in [3.05, 3.63) is 33.9 Å². The van der Waals surface area contributed by atoms with Crippen LogP contribution in [0.5, 0.6) is 0 Å². The minimum absolute atomic E-state index is 0. The third-order valence-corrected chi connectivity index (χ3v) is 5.59. The molecular formula is C18H27ClN2OS. The first-order valence-electron chi connectivity index (χ1n) is 8.65. The molecule has 1 aromatic heterocycles. The second-order valence-corrected chi connectivity index (χ2v) is 7.30. The Morgan fingerprint density at radius 1 is 0.913 bits per heavy atom. The van der Waals surface area contributed by atoms with Crippen molar-refractivity contribution >= 4 is 34.0 Å². The van der Waals surface area contributed by atoms with Gasteiger partial charge in [0, 0.05) is 6.54 Å². The van der Waals surface area contributed by atoms with E-state index in [-0.39, 0.29) is 17.3 Å². The molecule has 1 aliphatic heterocycles. The molecule has 23 heavy (non-hydrogen) atoms. The largest absolute Gasteiger partial charge is 0.308 e. The van der Waals surface area contributed by atoms with Crippen LogP contribution in [0.3, 0.4) is 0 Å². The molecule has 2 aromatic rings. The van der Waals surface area contributed by atoms with Crippen LogP contribution in [0.25, 0.3) is 10.2 Å². The van der Waals surface area contributed by atoms with Crippen LogP contribution in [0.4, 0.5) is 0 Å². The average Bonchev–Trinajstić information content (AvgIpc) is 2.70. The fraction of sp³-hybridized carbons (Fsp3) is 0.611. The molecule has 0 spiro atoms. The van der Waals surface area contributed by atoms with E-state index in [1.807, 2.05) is 22.8 Å². The third kappa shape index (κ3) is 5.07. The number of unbranched alkanes of at least 4 members (excludes halogenated alkanes) is 2. The summed E-state index contributed by atoms with van der Waals surface area (Å²) in [5.74, 6) is 0. The van der Waals surface area contributed by atoms with Crippen LogP contribution in [-0.2, 0) is 6.54 Å². The van der Waals surface area contributed by atoms with Crippen LogP contribution in [0.1, 0.15) is 44.9 Å². The molecule has 3 rings (SSSR count). The van der Waals surface area contributed by atoms with Gasteiger partial charge in [0.1, 0.15) is 0 Å². The number of fused-ring (bicyclic) bond motifs is 1. The number of hydrogen-bond donors (Lipinski definition) is 0. The normalized spacial score (nSPS) is 16.2. The maximum atomic E-state index is 12.1. The van der Waals surface area contributed by atoms with E-state index >= 15 is 0 Å². The first-order chi connectivity index (χ1) is 10.8. The smallest absolute Gasteiger partial charge is 0.303 e. The molecule has 0 radical (unpaired) electrons. The van der Waals surface area contributed by atoms with Crippen LogP contribution in [0.15, 0.2) is 29.1 Å². The molecule has 0 bridgehead atoms. The van der Waals surface area contributed by atoms with Crippen molar-refractivity contribution in [2.75, 3.05) is 19.6 Å². The zero-order chi connectivity index (χ0) is 15.2. The van der Waals surface area contributed by atoms with Crippen LogP contribution in [0, 0.1) is 0 Å². The Morgan fingerprint density at radius 2 is 1.61 bits per heavy atom. The molecule has 1 saturated heterocycles. The molecule has 2 heterocycles. The summed E-state index contributed by atoms with van der Waals surface area (Å²) >= 11 is 1.37. The average molecular weight is 355 g/mol. The topological polar surface area (TPSA) is 25.2 Å². The number of rotatable bonds is 6. The van der Waals surface area contributed by atoms with E-state index in [9.17, 15) is 4.79 Å². The van der Waals surface area contributed by atoms with Crippen molar-refractivity contribution in [3.63, 3.8) is 0 Å². The summed E-state index contributed by atoms with van der Waals surface area (Å²) in [7, 11) is 0. The Bertz CT molecular complexity index is 644. The van der Waals surface area contributed by atoms with Gasteiger partial charge in [0.25, 0.3) is 0 Å². The molecular weight excluding hydrogens is 328 g/mol. The predicted octanol–water partition coefficient (Wildman–Crippen LogP) is 4.53. The summed E-state index contributed by atoms with van der Waals surface area (Å²) in [6.45, 7) is 4.67. The summed E-state index contributed by atoms with van der Waals surface area (Å²) < 4.78 is 3.06. The summed E-state index contributed by atoms with van der Waals surface area (Å²) in [5, 5.41) is 0. The maximum Gasteiger partial charge on any atom is 0.308 e. The number of hydrogen-bond acceptors (Lipinski definition) is 3. The molecule has 1 aromatic carbocycles. The Morgan fingerprint density at radius 3 is 2.39 bits per heavy atom. The first-order valence-corrected chi connectivity index (χ1v) is 9.47. The van der Waals surface area contributed by atoms with Gasteiger partial charge < -0.3 is 4.90 Å². The van der Waals surface area contributed by atoms with Crippen molar-refractivity contribution in [2.24, 2.45) is 0 Å². The van der Waals surface area contributed by atoms with E-state index in [1.165, 1.54) is 69.5 Å². The first kappa shape index (κ1) is 18.5. The lowest BCUT2D eigenvalue weighted by atomic mass is 10.2. The van der Waals surface area contributed by atoms with Gasteiger partial charge in [-0.15, -0.1) is 12.4 Å². The van der Waals surface area contributed by atoms with E-state index in [0.29, 0.717) is 0 Å². The molecule has 0 amide bonds. The van der Waals surface area contributed by atoms with Gasteiger partial charge in [-0.1, -0.05) is 42.7 Å². The molecule has 0 saturated carbocycles. The molecule has 0 N–H and O–H groups in total. The van der Waals surface area contributed by atoms with E-state index in [0.717, 1.165) is 23.2 Å². The molecule has 0 unspecified atom stereocenters. The standard InChI is InChI=1S/C18H26N2OS.ClH/c21-18-20(16-10-4-5-11-17(16)22-18)15-9-3-8-14-19-12-6-1-2-7-13-19;/h4-5,10-11H,1-3,6-9,12-15H2;1H. The highest BCUT2D eigenvalue weighted by Crippen LogP contribution is 2.17. The number of nitrogens with zero attached hydrogens (tertiary/aromatic N) is 2. The second-order valence-electron chi connectivity index (χ2n) is 6.30. The molecule has 0 aliphatic carbocycles. The summed E-state index contributed by atoms with van der Waals surface area (Å²) in [5.41, 5.74) is 1.10. The zero-order valence-electron chi connectivity index (χ0n) is 13.7. The van der Waals surface area contributed by atoms with E-state index in [2.05, 4.69) is 11.0 Å². The lowest BCUT2D eigenvalue weighted by Gasteiger charge is -2.19. The van der Waals surface area contributed by atoms with Gasteiger partial charge in [0.2, 0.25) is 0 Å². The van der Waals surface area contributed by atoms with Crippen molar-refractivity contribution in [2.45, 2.75) is 51.5 Å². The SMILES string of the molecule is Cl.O=c1sc2ccccc2n1CCCCCN1CCCCCC1. The van der Waals surface area contributed by atoms with Crippen LogP contribution < -0.4 is 4.87 Å². The van der Waals surface area contributed by atoms with Crippen molar-refractivity contribution in [1.29, 1.82) is 0 Å². The highest BCUT2D eigenvalue weighted by Gasteiger charge is 2.09. The monoisotopic (exact) mass is 354 g/mol. The molecule has 0 atom stereocenters. The van der Waals surface area contributed by atoms with E-state index in [1.54, 1.807) is 0 Å². The van der Waals surface area contributed by atoms with Crippen molar-refractivity contribution < 1.29 is 0 Å². The highest BCUT2D eigenvalue weighted by atomic mass is 35.5. The number of aromatic nitrogens is 1. The quantitative estimate of drug-likeness (QED) is 0.712. The molecule has 128 valence electrons. The summed E-state index contributed by atoms with van der Waals surface area (Å²) in [6.07, 6.45) is 9.14. The van der Waals surface area contributed by atoms with Gasteiger partial charge in [-0.05, 0) is 57.5 Å². The minimum atomic E-state index is 0. The van der Waals surface area contributed by atoms with Gasteiger partial charge in [-0.2, -0.15) is 0 Å². The van der Waals surface area contributed by atoms with E-state index < -0.39 is 0 Å². The van der Waals surface area contributed by atoms with E-state index in [4.69, 9.17) is 0 Å². The molecule has 3 nitrogen and oxygen atoms in total. The van der Waals surface area contributed by atoms with Gasteiger partial charge in [-0.3, -0.25) is 9.36 Å².